The molecule has 0 saturated carbocycles. The molecule has 3 heterocycles. The van der Waals surface area contributed by atoms with Crippen LogP contribution in [0.3, 0.4) is 0 Å². The lowest BCUT2D eigenvalue weighted by atomic mass is 9.87. The number of amides is 1. The molecule has 2 aromatic carbocycles. The fourth-order valence-corrected chi connectivity index (χ4v) is 4.82. The molecule has 1 unspecified atom stereocenters. The maximum absolute atomic E-state index is 15.0. The Bertz CT molecular complexity index is 1440. The molecule has 5 atom stereocenters. The Morgan fingerprint density at radius 1 is 1.19 bits per heavy atom. The van der Waals surface area contributed by atoms with Crippen LogP contribution in [0.15, 0.2) is 58.3 Å². The van der Waals surface area contributed by atoms with E-state index in [2.05, 4.69) is 10.3 Å². The van der Waals surface area contributed by atoms with Crippen molar-refractivity contribution in [2.75, 3.05) is 6.54 Å². The van der Waals surface area contributed by atoms with Crippen molar-refractivity contribution < 1.29 is 23.8 Å². The molecule has 188 valence electrons. The quantitative estimate of drug-likeness (QED) is 0.479. The number of aromatic nitrogens is 2. The molecule has 2 aliphatic rings. The number of nitrogens with one attached hydrogen (secondary N) is 2. The number of fused-ring (bicyclic) bond motifs is 2. The number of aryl methyl sites for hydroxylation is 1. The van der Waals surface area contributed by atoms with Crippen LogP contribution >= 0.6 is 11.6 Å². The highest BCUT2D eigenvalue weighted by atomic mass is 35.5. The minimum Gasteiger partial charge on any atom is -0.455 e. The van der Waals surface area contributed by atoms with Gasteiger partial charge in [-0.2, -0.15) is 0 Å². The van der Waals surface area contributed by atoms with Gasteiger partial charge in [0.05, 0.1) is 10.9 Å². The summed E-state index contributed by atoms with van der Waals surface area (Å²) < 4.78 is 27.5. The van der Waals surface area contributed by atoms with Crippen LogP contribution in [0.5, 0.6) is 11.5 Å². The van der Waals surface area contributed by atoms with E-state index in [9.17, 15) is 23.9 Å². The zero-order valence-electron chi connectivity index (χ0n) is 19.1. The first-order chi connectivity index (χ1) is 17.3. The predicted octanol–water partition coefficient (Wildman–Crippen LogP) is 2.40. The number of rotatable bonds is 5. The van der Waals surface area contributed by atoms with Gasteiger partial charge in [0, 0.05) is 29.4 Å². The Morgan fingerprint density at radius 3 is 2.72 bits per heavy atom. The number of ether oxygens (including phenoxy) is 2. The predicted molar refractivity (Wildman–Crippen MR) is 128 cm³/mol. The number of para-hydroxylation sites is 2. The zero-order chi connectivity index (χ0) is 25.6. The van der Waals surface area contributed by atoms with Crippen molar-refractivity contribution in [1.82, 2.24) is 14.9 Å². The molecule has 3 N–H and O–H groups in total. The number of benzene rings is 2. The Labute approximate surface area is 209 Å². The van der Waals surface area contributed by atoms with Crippen molar-refractivity contribution in [3.8, 4) is 11.5 Å². The van der Waals surface area contributed by atoms with E-state index in [1.165, 1.54) is 6.20 Å². The summed E-state index contributed by atoms with van der Waals surface area (Å²) in [6, 6.07) is 12.2. The van der Waals surface area contributed by atoms with Gasteiger partial charge in [-0.3, -0.25) is 19.1 Å². The van der Waals surface area contributed by atoms with Gasteiger partial charge in [0.25, 0.3) is 5.56 Å². The van der Waals surface area contributed by atoms with Crippen molar-refractivity contribution in [3.63, 3.8) is 0 Å². The lowest BCUT2D eigenvalue weighted by Gasteiger charge is -2.28. The Kier molecular flexibility index (Phi) is 6.42. The van der Waals surface area contributed by atoms with E-state index < -0.39 is 47.7 Å². The molecule has 0 spiro atoms. The smallest absolute Gasteiger partial charge is 0.330 e. The second-order valence-electron chi connectivity index (χ2n) is 8.65. The Morgan fingerprint density at radius 2 is 1.94 bits per heavy atom. The fourth-order valence-electron chi connectivity index (χ4n) is 4.60. The van der Waals surface area contributed by atoms with Crippen LogP contribution in [-0.2, 0) is 16.0 Å². The van der Waals surface area contributed by atoms with Crippen LogP contribution in [0, 0.1) is 0 Å². The molecule has 2 aliphatic heterocycles. The average Bonchev–Trinajstić information content (AvgIpc) is 3.15. The van der Waals surface area contributed by atoms with Gasteiger partial charge in [-0.05, 0) is 18.6 Å². The first-order valence-electron chi connectivity index (χ1n) is 11.4. The highest BCUT2D eigenvalue weighted by Crippen LogP contribution is 2.47. The lowest BCUT2D eigenvalue weighted by Crippen LogP contribution is -2.41. The number of carbonyl (C=O) groups excluding carboxylic acids is 1. The molecule has 9 nitrogen and oxygen atoms in total. The maximum atomic E-state index is 15.0. The van der Waals surface area contributed by atoms with Gasteiger partial charge in [0.15, 0.2) is 12.4 Å². The van der Waals surface area contributed by atoms with Crippen LogP contribution in [-0.4, -0.2) is 45.5 Å². The third kappa shape index (κ3) is 4.11. The molecule has 0 bridgehead atoms. The summed E-state index contributed by atoms with van der Waals surface area (Å²) in [4.78, 5) is 39.6. The first-order valence-corrected chi connectivity index (χ1v) is 11.8. The average molecular weight is 516 g/mol. The Balaban J connectivity index is 1.37. The van der Waals surface area contributed by atoms with Crippen LogP contribution in [0.25, 0.3) is 0 Å². The van der Waals surface area contributed by atoms with E-state index in [1.807, 2.05) is 0 Å². The molecule has 11 heteroatoms. The van der Waals surface area contributed by atoms with Crippen molar-refractivity contribution in [2.45, 2.75) is 43.9 Å². The number of carbonyl (C=O) groups is 1. The van der Waals surface area contributed by atoms with E-state index in [4.69, 9.17) is 21.1 Å². The minimum absolute atomic E-state index is 0.217. The highest BCUT2D eigenvalue weighted by molar-refractivity contribution is 6.32. The third-order valence-electron chi connectivity index (χ3n) is 6.48. The number of aliphatic hydroxyl groups is 1. The zero-order valence-corrected chi connectivity index (χ0v) is 19.9. The van der Waals surface area contributed by atoms with Crippen molar-refractivity contribution >= 4 is 17.5 Å². The summed E-state index contributed by atoms with van der Waals surface area (Å²) in [6.45, 7) is 1.50. The van der Waals surface area contributed by atoms with Gasteiger partial charge < -0.3 is 19.9 Å². The molecule has 0 radical (unpaired) electrons. The SMILES string of the molecule is CCc1cn([C@@H]2O[C@H](CNC(=O)C3c4ccccc4Oc4c(Cl)cccc43)[C@@H](O)[C@@H]2F)c(=O)[nH]c1=O. The normalized spacial score (nSPS) is 24.5. The second-order valence-corrected chi connectivity index (χ2v) is 9.06. The number of nitrogens with zero attached hydrogens (tertiary/aromatic N) is 1. The second kappa shape index (κ2) is 9.53. The van der Waals surface area contributed by atoms with Crippen LogP contribution < -0.4 is 21.3 Å². The molecular formula is C25H23ClFN3O6. The number of aliphatic hydroxyl groups excluding tert-OH is 1. The summed E-state index contributed by atoms with van der Waals surface area (Å²) in [7, 11) is 0. The monoisotopic (exact) mass is 515 g/mol. The fraction of sp³-hybridized carbons (Fsp3) is 0.320. The molecule has 36 heavy (non-hydrogen) atoms. The lowest BCUT2D eigenvalue weighted by molar-refractivity contribution is -0.123. The first kappa shape index (κ1) is 24.2. The molecular weight excluding hydrogens is 493 g/mol. The number of aromatic amines is 1. The van der Waals surface area contributed by atoms with E-state index in [0.717, 1.165) is 4.57 Å². The highest BCUT2D eigenvalue weighted by Gasteiger charge is 2.46. The van der Waals surface area contributed by atoms with Gasteiger partial charge in [-0.15, -0.1) is 0 Å². The molecule has 0 aliphatic carbocycles. The van der Waals surface area contributed by atoms with Crippen molar-refractivity contribution in [1.29, 1.82) is 0 Å². The summed E-state index contributed by atoms with van der Waals surface area (Å²) in [5.74, 6) is -0.307. The topological polar surface area (TPSA) is 123 Å². The summed E-state index contributed by atoms with van der Waals surface area (Å²) in [6.07, 6.45) is -4.61. The molecule has 3 aromatic rings. The van der Waals surface area contributed by atoms with Gasteiger partial charge in [-0.1, -0.05) is 48.9 Å². The maximum Gasteiger partial charge on any atom is 0.330 e. The van der Waals surface area contributed by atoms with Crippen LogP contribution in [0.2, 0.25) is 5.02 Å². The molecule has 1 fully saturated rings. The molecule has 1 aromatic heterocycles. The molecule has 1 saturated heterocycles. The summed E-state index contributed by atoms with van der Waals surface area (Å²) in [5.41, 5.74) is 0.0559. The number of halogens is 2. The molecule has 1 amide bonds. The van der Waals surface area contributed by atoms with Crippen LogP contribution in [0.4, 0.5) is 4.39 Å². The van der Waals surface area contributed by atoms with Gasteiger partial charge >= 0.3 is 5.69 Å². The van der Waals surface area contributed by atoms with Gasteiger partial charge in [0.2, 0.25) is 5.91 Å². The van der Waals surface area contributed by atoms with Gasteiger partial charge in [0.1, 0.15) is 23.7 Å². The van der Waals surface area contributed by atoms with Crippen LogP contribution in [0.1, 0.15) is 35.8 Å². The summed E-state index contributed by atoms with van der Waals surface area (Å²) >= 11 is 6.31. The summed E-state index contributed by atoms with van der Waals surface area (Å²) in [5, 5.41) is 13.5. The van der Waals surface area contributed by atoms with Crippen molar-refractivity contribution in [3.05, 3.63) is 91.2 Å². The van der Waals surface area contributed by atoms with Crippen molar-refractivity contribution in [2.24, 2.45) is 0 Å². The van der Waals surface area contributed by atoms with E-state index >= 15 is 0 Å². The molecule has 5 rings (SSSR count). The third-order valence-corrected chi connectivity index (χ3v) is 6.78. The number of hydrogen-bond acceptors (Lipinski definition) is 6. The Hall–Kier alpha value is -3.47. The minimum atomic E-state index is -1.96. The number of H-pyrrole nitrogens is 1. The standard InChI is InChI=1S/C25H23ClFN3O6/c1-2-12-11-30(25(34)29-22(12)32)24-19(27)20(31)17(36-24)10-28-23(33)18-13-6-3-4-9-16(13)35-21-14(18)7-5-8-15(21)26/h3-9,11,17-20,24,31H,2,10H2,1H3,(H,28,33)(H,29,32,34)/t17-,18?,19+,20-,24-/m1/s1. The van der Waals surface area contributed by atoms with E-state index in [1.54, 1.807) is 49.4 Å². The van der Waals surface area contributed by atoms with E-state index in [-0.39, 0.29) is 12.1 Å². The number of alkyl halides is 1. The van der Waals surface area contributed by atoms with E-state index in [0.29, 0.717) is 34.1 Å². The number of hydrogen-bond donors (Lipinski definition) is 3. The largest absolute Gasteiger partial charge is 0.455 e. The van der Waals surface area contributed by atoms with Gasteiger partial charge in [-0.25, -0.2) is 9.18 Å².